The predicted octanol–water partition coefficient (Wildman–Crippen LogP) is 0.925. The van der Waals surface area contributed by atoms with E-state index in [1.807, 2.05) is 30.3 Å². The SMILES string of the molecule is COC(=O)CN(Cc1ccccc1)C(=O)CC(C)N. The molecular formula is C14H20N2O3. The van der Waals surface area contributed by atoms with Crippen LogP contribution in [0.25, 0.3) is 0 Å². The first kappa shape index (κ1) is 15.2. The van der Waals surface area contributed by atoms with Crippen LogP contribution in [0.5, 0.6) is 0 Å². The molecule has 0 bridgehead atoms. The van der Waals surface area contributed by atoms with Gasteiger partial charge in [0, 0.05) is 19.0 Å². The molecule has 0 heterocycles. The number of carbonyl (C=O) groups excluding carboxylic acids is 2. The average molecular weight is 264 g/mol. The number of methoxy groups -OCH3 is 1. The van der Waals surface area contributed by atoms with E-state index in [0.717, 1.165) is 5.56 Å². The standard InChI is InChI=1S/C14H20N2O3/c1-11(15)8-13(17)16(10-14(18)19-2)9-12-6-4-3-5-7-12/h3-7,11H,8-10,15H2,1-2H3. The number of hydrogen-bond donors (Lipinski definition) is 1. The number of benzene rings is 1. The summed E-state index contributed by atoms with van der Waals surface area (Å²) >= 11 is 0. The van der Waals surface area contributed by atoms with Crippen molar-refractivity contribution in [2.24, 2.45) is 5.73 Å². The van der Waals surface area contributed by atoms with Crippen LogP contribution in [0.2, 0.25) is 0 Å². The Balaban J connectivity index is 2.74. The van der Waals surface area contributed by atoms with Crippen LogP contribution < -0.4 is 5.73 Å². The molecule has 1 atom stereocenters. The zero-order chi connectivity index (χ0) is 14.3. The van der Waals surface area contributed by atoms with Crippen molar-refractivity contribution in [1.29, 1.82) is 0 Å². The second-order valence-corrected chi connectivity index (χ2v) is 4.49. The molecule has 5 heteroatoms. The molecule has 0 saturated heterocycles. The van der Waals surface area contributed by atoms with Gasteiger partial charge >= 0.3 is 5.97 Å². The van der Waals surface area contributed by atoms with Crippen LogP contribution in [-0.4, -0.2) is 36.5 Å². The lowest BCUT2D eigenvalue weighted by Gasteiger charge is -2.22. The monoisotopic (exact) mass is 264 g/mol. The van der Waals surface area contributed by atoms with E-state index in [4.69, 9.17) is 5.73 Å². The number of nitrogens with two attached hydrogens (primary N) is 1. The molecule has 1 unspecified atom stereocenters. The molecule has 1 aromatic carbocycles. The first-order valence-corrected chi connectivity index (χ1v) is 6.17. The van der Waals surface area contributed by atoms with Gasteiger partial charge in [-0.05, 0) is 12.5 Å². The number of rotatable bonds is 6. The Labute approximate surface area is 113 Å². The number of nitrogens with zero attached hydrogens (tertiary/aromatic N) is 1. The molecular weight excluding hydrogens is 244 g/mol. The highest BCUT2D eigenvalue weighted by Gasteiger charge is 2.18. The molecule has 1 amide bonds. The Morgan fingerprint density at radius 3 is 2.47 bits per heavy atom. The van der Waals surface area contributed by atoms with E-state index >= 15 is 0 Å². The topological polar surface area (TPSA) is 72.6 Å². The molecule has 1 aromatic rings. The number of ether oxygens (including phenoxy) is 1. The van der Waals surface area contributed by atoms with E-state index in [9.17, 15) is 9.59 Å². The summed E-state index contributed by atoms with van der Waals surface area (Å²) in [4.78, 5) is 24.9. The van der Waals surface area contributed by atoms with Crippen LogP contribution in [0, 0.1) is 0 Å². The first-order chi connectivity index (χ1) is 9.02. The quantitative estimate of drug-likeness (QED) is 0.776. The van der Waals surface area contributed by atoms with Gasteiger partial charge in [-0.25, -0.2) is 0 Å². The van der Waals surface area contributed by atoms with Crippen molar-refractivity contribution in [3.63, 3.8) is 0 Å². The van der Waals surface area contributed by atoms with Gasteiger partial charge in [0.25, 0.3) is 0 Å². The van der Waals surface area contributed by atoms with E-state index in [1.54, 1.807) is 6.92 Å². The third-order valence-electron chi connectivity index (χ3n) is 2.61. The number of amides is 1. The van der Waals surface area contributed by atoms with Gasteiger partial charge in [-0.15, -0.1) is 0 Å². The Morgan fingerprint density at radius 1 is 1.32 bits per heavy atom. The van der Waals surface area contributed by atoms with Gasteiger partial charge in [0.2, 0.25) is 5.91 Å². The summed E-state index contributed by atoms with van der Waals surface area (Å²) in [6, 6.07) is 9.26. The van der Waals surface area contributed by atoms with Crippen molar-refractivity contribution in [3.8, 4) is 0 Å². The van der Waals surface area contributed by atoms with Gasteiger partial charge < -0.3 is 15.4 Å². The number of hydrogen-bond acceptors (Lipinski definition) is 4. The molecule has 0 spiro atoms. The molecule has 0 aromatic heterocycles. The Hall–Kier alpha value is -1.88. The lowest BCUT2D eigenvalue weighted by molar-refractivity contribution is -0.147. The minimum Gasteiger partial charge on any atom is -0.468 e. The lowest BCUT2D eigenvalue weighted by atomic mass is 10.2. The van der Waals surface area contributed by atoms with Gasteiger partial charge in [0.05, 0.1) is 7.11 Å². The van der Waals surface area contributed by atoms with Crippen molar-refractivity contribution >= 4 is 11.9 Å². The molecule has 1 rings (SSSR count). The van der Waals surface area contributed by atoms with Gasteiger partial charge in [0.15, 0.2) is 0 Å². The van der Waals surface area contributed by atoms with E-state index in [-0.39, 0.29) is 24.9 Å². The summed E-state index contributed by atoms with van der Waals surface area (Å²) in [6.07, 6.45) is 0.212. The molecule has 0 aliphatic heterocycles. The Kier molecular flexibility index (Phi) is 6.02. The van der Waals surface area contributed by atoms with E-state index in [1.165, 1.54) is 12.0 Å². The van der Waals surface area contributed by atoms with Gasteiger partial charge in [-0.3, -0.25) is 9.59 Å². The Bertz CT molecular complexity index is 418. The molecule has 0 aliphatic carbocycles. The number of carbonyl (C=O) groups is 2. The van der Waals surface area contributed by atoms with Crippen LogP contribution in [-0.2, 0) is 20.9 Å². The third-order valence-corrected chi connectivity index (χ3v) is 2.61. The summed E-state index contributed by atoms with van der Waals surface area (Å²) in [7, 11) is 1.30. The second kappa shape index (κ2) is 7.53. The molecule has 0 saturated carbocycles. The van der Waals surface area contributed by atoms with Crippen molar-refractivity contribution in [2.75, 3.05) is 13.7 Å². The Morgan fingerprint density at radius 2 is 1.95 bits per heavy atom. The minimum absolute atomic E-state index is 0.0586. The van der Waals surface area contributed by atoms with E-state index < -0.39 is 5.97 Å². The summed E-state index contributed by atoms with van der Waals surface area (Å²) in [5, 5.41) is 0. The van der Waals surface area contributed by atoms with Crippen LogP contribution in [0.3, 0.4) is 0 Å². The molecule has 2 N–H and O–H groups in total. The lowest BCUT2D eigenvalue weighted by Crippen LogP contribution is -2.38. The highest BCUT2D eigenvalue weighted by Crippen LogP contribution is 2.07. The van der Waals surface area contributed by atoms with Crippen LogP contribution in [0.15, 0.2) is 30.3 Å². The number of esters is 1. The molecule has 104 valence electrons. The molecule has 5 nitrogen and oxygen atoms in total. The van der Waals surface area contributed by atoms with Gasteiger partial charge in [-0.1, -0.05) is 30.3 Å². The highest BCUT2D eigenvalue weighted by molar-refractivity contribution is 5.82. The molecule has 0 aliphatic rings. The van der Waals surface area contributed by atoms with Crippen LogP contribution in [0.4, 0.5) is 0 Å². The van der Waals surface area contributed by atoms with Gasteiger partial charge in [-0.2, -0.15) is 0 Å². The maximum absolute atomic E-state index is 12.0. The van der Waals surface area contributed by atoms with Crippen molar-refractivity contribution in [3.05, 3.63) is 35.9 Å². The summed E-state index contributed by atoms with van der Waals surface area (Å²) in [5.41, 5.74) is 6.59. The maximum atomic E-state index is 12.0. The normalized spacial score (nSPS) is 11.7. The summed E-state index contributed by atoms with van der Waals surface area (Å²) in [5.74, 6) is -0.585. The largest absolute Gasteiger partial charge is 0.468 e. The maximum Gasteiger partial charge on any atom is 0.325 e. The summed E-state index contributed by atoms with van der Waals surface area (Å²) < 4.78 is 4.61. The predicted molar refractivity (Wildman–Crippen MR) is 72.1 cm³/mol. The van der Waals surface area contributed by atoms with E-state index in [2.05, 4.69) is 4.74 Å². The zero-order valence-corrected chi connectivity index (χ0v) is 11.3. The molecule has 0 fully saturated rings. The van der Waals surface area contributed by atoms with Crippen molar-refractivity contribution in [1.82, 2.24) is 4.90 Å². The van der Waals surface area contributed by atoms with Crippen molar-refractivity contribution in [2.45, 2.75) is 25.9 Å². The fourth-order valence-corrected chi connectivity index (χ4v) is 1.66. The smallest absolute Gasteiger partial charge is 0.325 e. The molecule has 0 radical (unpaired) electrons. The van der Waals surface area contributed by atoms with Gasteiger partial charge in [0.1, 0.15) is 6.54 Å². The first-order valence-electron chi connectivity index (χ1n) is 6.17. The van der Waals surface area contributed by atoms with E-state index in [0.29, 0.717) is 6.54 Å². The second-order valence-electron chi connectivity index (χ2n) is 4.49. The van der Waals surface area contributed by atoms with Crippen molar-refractivity contribution < 1.29 is 14.3 Å². The summed E-state index contributed by atoms with van der Waals surface area (Å²) in [6.45, 7) is 2.08. The highest BCUT2D eigenvalue weighted by atomic mass is 16.5. The fraction of sp³-hybridized carbons (Fsp3) is 0.429. The minimum atomic E-state index is -0.436. The van der Waals surface area contributed by atoms with Crippen LogP contribution >= 0.6 is 0 Å². The average Bonchev–Trinajstić information content (AvgIpc) is 2.38. The fourth-order valence-electron chi connectivity index (χ4n) is 1.66. The third kappa shape index (κ3) is 5.52. The molecule has 19 heavy (non-hydrogen) atoms. The van der Waals surface area contributed by atoms with Crippen LogP contribution in [0.1, 0.15) is 18.9 Å². The zero-order valence-electron chi connectivity index (χ0n) is 11.3.